The fraction of sp³-hybridized carbons (Fsp3) is 0.200. The van der Waals surface area contributed by atoms with Crippen molar-refractivity contribution in [2.24, 2.45) is 5.73 Å². The molecule has 32 heavy (non-hydrogen) atoms. The summed E-state index contributed by atoms with van der Waals surface area (Å²) in [5.41, 5.74) is 7.35. The number of nitrogens with two attached hydrogens (primary N) is 1. The molecule has 7 nitrogen and oxygen atoms in total. The summed E-state index contributed by atoms with van der Waals surface area (Å²) in [6.07, 6.45) is 1.42. The number of rotatable bonds is 8. The molecule has 0 aliphatic heterocycles. The number of amides is 2. The Morgan fingerprint density at radius 1 is 0.938 bits per heavy atom. The zero-order valence-electron chi connectivity index (χ0n) is 17.8. The van der Waals surface area contributed by atoms with E-state index in [1.54, 1.807) is 11.9 Å². The number of nitrogens with zero attached hydrogens (tertiary/aromatic N) is 3. The number of hydrogen-bond acceptors (Lipinski definition) is 5. The molecule has 0 saturated heterocycles. The predicted octanol–water partition coefficient (Wildman–Crippen LogP) is 3.70. The Kier molecular flexibility index (Phi) is 6.26. The second-order valence-corrected chi connectivity index (χ2v) is 7.70. The number of aromatic nitrogens is 2. The number of benzene rings is 3. The van der Waals surface area contributed by atoms with Crippen LogP contribution in [0.1, 0.15) is 40.2 Å². The molecule has 2 amide bonds. The minimum Gasteiger partial charge on any atom is -0.415 e. The largest absolute Gasteiger partial charge is 0.415 e. The highest BCUT2D eigenvalue weighted by molar-refractivity contribution is 5.87. The topological polar surface area (TPSA) is 102 Å². The van der Waals surface area contributed by atoms with Crippen LogP contribution in [0.25, 0.3) is 10.8 Å². The van der Waals surface area contributed by atoms with Gasteiger partial charge in [0.05, 0.1) is 0 Å². The smallest absolute Gasteiger partial charge is 0.306 e. The molecule has 0 aliphatic carbocycles. The molecule has 1 atom stereocenters. The van der Waals surface area contributed by atoms with Crippen molar-refractivity contribution in [3.8, 4) is 0 Å². The van der Waals surface area contributed by atoms with Crippen molar-refractivity contribution in [2.75, 3.05) is 7.05 Å². The van der Waals surface area contributed by atoms with Gasteiger partial charge in [-0.2, -0.15) is 0 Å². The van der Waals surface area contributed by atoms with E-state index in [1.807, 2.05) is 48.5 Å². The lowest BCUT2D eigenvalue weighted by atomic mass is 10.0. The van der Waals surface area contributed by atoms with Gasteiger partial charge >= 0.3 is 11.8 Å². The molecule has 0 saturated carbocycles. The molecule has 3 aromatic carbocycles. The van der Waals surface area contributed by atoms with Gasteiger partial charge in [0.2, 0.25) is 11.8 Å². The molecule has 0 bridgehead atoms. The normalized spacial score (nSPS) is 11.9. The molecule has 0 unspecified atom stereocenters. The van der Waals surface area contributed by atoms with Gasteiger partial charge in [-0.15, -0.1) is 10.2 Å². The fourth-order valence-electron chi connectivity index (χ4n) is 3.69. The van der Waals surface area contributed by atoms with E-state index in [0.717, 1.165) is 16.5 Å². The van der Waals surface area contributed by atoms with Gasteiger partial charge < -0.3 is 15.1 Å². The summed E-state index contributed by atoms with van der Waals surface area (Å²) in [7, 11) is 1.71. The Hall–Kier alpha value is -4.00. The SMILES string of the molecule is CN(C(=O)CCc1ccc2ccccc2c1)[C@H](Cc1ccccc1)c1nnc(C(N)=O)o1. The van der Waals surface area contributed by atoms with E-state index in [0.29, 0.717) is 19.3 Å². The third-order valence-electron chi connectivity index (χ3n) is 5.51. The quantitative estimate of drug-likeness (QED) is 0.461. The third kappa shape index (κ3) is 4.83. The van der Waals surface area contributed by atoms with Crippen molar-refractivity contribution in [3.63, 3.8) is 0 Å². The molecule has 1 aromatic heterocycles. The second-order valence-electron chi connectivity index (χ2n) is 7.70. The lowest BCUT2D eigenvalue weighted by Gasteiger charge is -2.26. The third-order valence-corrected chi connectivity index (χ3v) is 5.51. The Labute approximate surface area is 185 Å². The number of carbonyl (C=O) groups is 2. The molecule has 0 radical (unpaired) electrons. The van der Waals surface area contributed by atoms with E-state index in [2.05, 4.69) is 34.5 Å². The van der Waals surface area contributed by atoms with Gasteiger partial charge in [-0.05, 0) is 28.3 Å². The van der Waals surface area contributed by atoms with E-state index >= 15 is 0 Å². The van der Waals surface area contributed by atoms with Crippen LogP contribution < -0.4 is 5.73 Å². The van der Waals surface area contributed by atoms with Crippen molar-refractivity contribution in [2.45, 2.75) is 25.3 Å². The van der Waals surface area contributed by atoms with Crippen molar-refractivity contribution in [3.05, 3.63) is 95.7 Å². The standard InChI is InChI=1S/C25H24N4O3/c1-29(22(30)14-12-18-11-13-19-9-5-6-10-20(19)15-18)21(16-17-7-3-2-4-8-17)24-27-28-25(32-24)23(26)31/h2-11,13,15,21H,12,14,16H2,1H3,(H2,26,31)/t21-/m1/s1. The van der Waals surface area contributed by atoms with Gasteiger partial charge in [-0.25, -0.2) is 0 Å². The Bertz CT molecular complexity index is 1240. The zero-order valence-corrected chi connectivity index (χ0v) is 17.8. The number of fused-ring (bicyclic) bond motifs is 1. The van der Waals surface area contributed by atoms with Crippen molar-refractivity contribution in [1.82, 2.24) is 15.1 Å². The lowest BCUT2D eigenvalue weighted by molar-refractivity contribution is -0.132. The number of aryl methyl sites for hydroxylation is 1. The summed E-state index contributed by atoms with van der Waals surface area (Å²) in [5.74, 6) is -0.940. The average molecular weight is 428 g/mol. The summed E-state index contributed by atoms with van der Waals surface area (Å²) in [6, 6.07) is 23.6. The first-order valence-electron chi connectivity index (χ1n) is 10.4. The Morgan fingerprint density at radius 3 is 2.38 bits per heavy atom. The van der Waals surface area contributed by atoms with E-state index in [4.69, 9.17) is 10.2 Å². The van der Waals surface area contributed by atoms with Gasteiger partial charge in [0, 0.05) is 19.9 Å². The second kappa shape index (κ2) is 9.43. The maximum atomic E-state index is 13.1. The van der Waals surface area contributed by atoms with Crippen LogP contribution in [0.3, 0.4) is 0 Å². The van der Waals surface area contributed by atoms with Gasteiger partial charge in [0.1, 0.15) is 6.04 Å². The van der Waals surface area contributed by atoms with Gasteiger partial charge in [0.25, 0.3) is 0 Å². The van der Waals surface area contributed by atoms with Crippen LogP contribution in [-0.2, 0) is 17.6 Å². The monoisotopic (exact) mass is 428 g/mol. The van der Waals surface area contributed by atoms with Gasteiger partial charge in [-0.3, -0.25) is 9.59 Å². The van der Waals surface area contributed by atoms with Crippen LogP contribution in [0.2, 0.25) is 0 Å². The van der Waals surface area contributed by atoms with Gasteiger partial charge in [0.15, 0.2) is 0 Å². The average Bonchev–Trinajstić information content (AvgIpc) is 3.31. The van der Waals surface area contributed by atoms with Crippen LogP contribution in [0.5, 0.6) is 0 Å². The molecule has 0 aliphatic rings. The van der Waals surface area contributed by atoms with Crippen molar-refractivity contribution in [1.29, 1.82) is 0 Å². The zero-order chi connectivity index (χ0) is 22.5. The first-order chi connectivity index (χ1) is 15.5. The molecule has 4 rings (SSSR count). The number of hydrogen-bond donors (Lipinski definition) is 1. The maximum Gasteiger partial charge on any atom is 0.306 e. The summed E-state index contributed by atoms with van der Waals surface area (Å²) in [5, 5.41) is 10.0. The molecule has 0 spiro atoms. The van der Waals surface area contributed by atoms with E-state index in [-0.39, 0.29) is 17.7 Å². The summed E-state index contributed by atoms with van der Waals surface area (Å²) in [6.45, 7) is 0. The molecular formula is C25H24N4O3. The van der Waals surface area contributed by atoms with E-state index in [1.165, 1.54) is 5.39 Å². The van der Waals surface area contributed by atoms with E-state index in [9.17, 15) is 9.59 Å². The summed E-state index contributed by atoms with van der Waals surface area (Å²) in [4.78, 5) is 26.1. The summed E-state index contributed by atoms with van der Waals surface area (Å²) < 4.78 is 5.47. The van der Waals surface area contributed by atoms with Crippen LogP contribution >= 0.6 is 0 Å². The Morgan fingerprint density at radius 2 is 1.66 bits per heavy atom. The maximum absolute atomic E-state index is 13.1. The number of likely N-dealkylation sites (N-methyl/N-ethyl adjacent to an activating group) is 1. The van der Waals surface area contributed by atoms with Crippen molar-refractivity contribution >= 4 is 22.6 Å². The molecule has 4 aromatic rings. The van der Waals surface area contributed by atoms with Crippen LogP contribution in [0.15, 0.2) is 77.2 Å². The molecule has 1 heterocycles. The van der Waals surface area contributed by atoms with Crippen LogP contribution in [0.4, 0.5) is 0 Å². The summed E-state index contributed by atoms with van der Waals surface area (Å²) >= 11 is 0. The minimum atomic E-state index is -0.799. The van der Waals surface area contributed by atoms with Gasteiger partial charge in [-0.1, -0.05) is 72.8 Å². The first kappa shape index (κ1) is 21.2. The Balaban J connectivity index is 1.51. The molecular weight excluding hydrogens is 404 g/mol. The highest BCUT2D eigenvalue weighted by Gasteiger charge is 2.28. The first-order valence-corrected chi connectivity index (χ1v) is 10.4. The predicted molar refractivity (Wildman–Crippen MR) is 121 cm³/mol. The molecule has 2 N–H and O–H groups in total. The molecule has 162 valence electrons. The van der Waals surface area contributed by atoms with E-state index < -0.39 is 11.9 Å². The highest BCUT2D eigenvalue weighted by atomic mass is 16.4. The fourth-order valence-corrected chi connectivity index (χ4v) is 3.69. The van der Waals surface area contributed by atoms with Crippen LogP contribution in [-0.4, -0.2) is 34.0 Å². The van der Waals surface area contributed by atoms with Crippen LogP contribution in [0, 0.1) is 0 Å². The van der Waals surface area contributed by atoms with Crippen molar-refractivity contribution < 1.29 is 14.0 Å². The lowest BCUT2D eigenvalue weighted by Crippen LogP contribution is -2.33. The number of primary amides is 1. The molecule has 0 fully saturated rings. The minimum absolute atomic E-state index is 0.0575. The highest BCUT2D eigenvalue weighted by Crippen LogP contribution is 2.25. The molecule has 7 heteroatoms. The number of carbonyl (C=O) groups excluding carboxylic acids is 2.